The molecule has 0 bridgehead atoms. The van der Waals surface area contributed by atoms with Gasteiger partial charge in [-0.1, -0.05) is 0 Å². The van der Waals surface area contributed by atoms with Crippen LogP contribution in [0.2, 0.25) is 0 Å². The van der Waals surface area contributed by atoms with Crippen molar-refractivity contribution in [2.75, 3.05) is 55.4 Å². The molecule has 4 heterocycles. The SMILES string of the molecule is CC(OS(C)(=O)=O)C(C)n1ncn(-c2ccc(N3CCN(c4ccc(OCC5COC(Cn6cncn6)(c6ccc(F)cc6F)O5)cc4)CC3)cc2)c1=O. The maximum atomic E-state index is 14.9. The molecule has 286 valence electrons. The summed E-state index contributed by atoms with van der Waals surface area (Å²) in [5.41, 5.74) is 2.38. The van der Waals surface area contributed by atoms with Crippen molar-refractivity contribution in [1.29, 1.82) is 0 Å². The number of hydrogen-bond acceptors (Lipinski definition) is 12. The van der Waals surface area contributed by atoms with E-state index in [4.69, 9.17) is 18.4 Å². The number of halogens is 2. The van der Waals surface area contributed by atoms with Gasteiger partial charge >= 0.3 is 5.69 Å². The van der Waals surface area contributed by atoms with E-state index in [9.17, 15) is 22.0 Å². The fraction of sp³-hybridized carbons (Fsp3) is 0.389. The fourth-order valence-electron chi connectivity index (χ4n) is 6.60. The zero-order valence-electron chi connectivity index (χ0n) is 29.9. The highest BCUT2D eigenvalue weighted by Crippen LogP contribution is 2.38. The van der Waals surface area contributed by atoms with E-state index in [0.29, 0.717) is 11.4 Å². The van der Waals surface area contributed by atoms with Gasteiger partial charge in [-0.25, -0.2) is 32.5 Å². The highest BCUT2D eigenvalue weighted by molar-refractivity contribution is 7.86. The fourth-order valence-corrected chi connectivity index (χ4v) is 7.31. The summed E-state index contributed by atoms with van der Waals surface area (Å²) < 4.78 is 79.1. The maximum Gasteiger partial charge on any atom is 0.350 e. The first kappa shape index (κ1) is 37.2. The minimum absolute atomic E-state index is 0.0141. The summed E-state index contributed by atoms with van der Waals surface area (Å²) >= 11 is 0. The van der Waals surface area contributed by atoms with E-state index in [0.717, 1.165) is 55.9 Å². The van der Waals surface area contributed by atoms with E-state index in [2.05, 4.69) is 25.0 Å². The third kappa shape index (κ3) is 8.15. The first-order chi connectivity index (χ1) is 25.9. The van der Waals surface area contributed by atoms with Gasteiger partial charge in [-0.15, -0.1) is 0 Å². The van der Waals surface area contributed by atoms with E-state index >= 15 is 0 Å². The first-order valence-corrected chi connectivity index (χ1v) is 19.2. The van der Waals surface area contributed by atoms with Gasteiger partial charge in [0.05, 0.1) is 30.7 Å². The summed E-state index contributed by atoms with van der Waals surface area (Å²) in [5, 5.41) is 8.29. The molecule has 0 radical (unpaired) electrons. The molecule has 5 aromatic rings. The van der Waals surface area contributed by atoms with Gasteiger partial charge in [0.1, 0.15) is 55.6 Å². The van der Waals surface area contributed by atoms with Gasteiger partial charge in [-0.2, -0.15) is 18.6 Å². The van der Waals surface area contributed by atoms with Crippen molar-refractivity contribution in [3.63, 3.8) is 0 Å². The average Bonchev–Trinajstić information content (AvgIpc) is 3.91. The van der Waals surface area contributed by atoms with Crippen molar-refractivity contribution >= 4 is 21.5 Å². The summed E-state index contributed by atoms with van der Waals surface area (Å²) in [7, 11) is -3.68. The monoisotopic (exact) mass is 766 g/mol. The van der Waals surface area contributed by atoms with Crippen LogP contribution in [0.1, 0.15) is 25.5 Å². The molecule has 0 aliphatic carbocycles. The Morgan fingerprint density at radius 2 is 1.56 bits per heavy atom. The van der Waals surface area contributed by atoms with Crippen LogP contribution < -0.4 is 20.2 Å². The molecule has 7 rings (SSSR count). The Bertz CT molecular complexity index is 2210. The van der Waals surface area contributed by atoms with E-state index < -0.39 is 51.5 Å². The van der Waals surface area contributed by atoms with Crippen molar-refractivity contribution in [3.05, 3.63) is 113 Å². The van der Waals surface area contributed by atoms with Crippen LogP contribution in [0.15, 0.2) is 90.5 Å². The first-order valence-electron chi connectivity index (χ1n) is 17.3. The van der Waals surface area contributed by atoms with Gasteiger partial charge in [0.25, 0.3) is 10.1 Å². The molecule has 3 aromatic carbocycles. The number of aromatic nitrogens is 6. The summed E-state index contributed by atoms with van der Waals surface area (Å²) in [6, 6.07) is 18.1. The highest BCUT2D eigenvalue weighted by Gasteiger charge is 2.46. The number of nitrogens with zero attached hydrogens (tertiary/aromatic N) is 8. The molecular formula is C36H40F2N8O7S. The van der Waals surface area contributed by atoms with Gasteiger partial charge < -0.3 is 24.0 Å². The third-order valence-corrected chi connectivity index (χ3v) is 10.2. The molecule has 4 unspecified atom stereocenters. The number of anilines is 2. The molecule has 0 saturated carbocycles. The minimum atomic E-state index is -3.68. The number of piperazine rings is 1. The van der Waals surface area contributed by atoms with Crippen LogP contribution in [0.25, 0.3) is 5.69 Å². The number of benzene rings is 3. The Labute approximate surface area is 310 Å². The zero-order chi connectivity index (χ0) is 38.0. The molecule has 0 spiro atoms. The normalized spacial score (nSPS) is 20.3. The van der Waals surface area contributed by atoms with E-state index in [1.807, 2.05) is 48.5 Å². The molecule has 18 heteroatoms. The lowest BCUT2D eigenvalue weighted by Crippen LogP contribution is -2.46. The van der Waals surface area contributed by atoms with Crippen LogP contribution in [-0.4, -0.2) is 95.4 Å². The lowest BCUT2D eigenvalue weighted by Gasteiger charge is -2.37. The lowest BCUT2D eigenvalue weighted by atomic mass is 10.0. The molecule has 0 N–H and O–H groups in total. The van der Waals surface area contributed by atoms with Crippen LogP contribution in [0, 0.1) is 11.6 Å². The van der Waals surface area contributed by atoms with Gasteiger partial charge in [0.15, 0.2) is 0 Å². The van der Waals surface area contributed by atoms with Crippen molar-refractivity contribution in [3.8, 4) is 11.4 Å². The Kier molecular flexibility index (Phi) is 10.5. The molecule has 2 aliphatic heterocycles. The summed E-state index contributed by atoms with van der Waals surface area (Å²) in [6.07, 6.45) is 3.90. The van der Waals surface area contributed by atoms with Crippen molar-refractivity contribution in [2.45, 2.75) is 44.4 Å². The van der Waals surface area contributed by atoms with Crippen LogP contribution in [0.3, 0.4) is 0 Å². The minimum Gasteiger partial charge on any atom is -0.491 e. The van der Waals surface area contributed by atoms with Gasteiger partial charge in [-0.05, 0) is 74.5 Å². The number of hydrogen-bond donors (Lipinski definition) is 0. The number of ether oxygens (including phenoxy) is 3. The van der Waals surface area contributed by atoms with Crippen LogP contribution in [-0.2, 0) is 36.1 Å². The van der Waals surface area contributed by atoms with Crippen LogP contribution in [0.5, 0.6) is 5.75 Å². The molecular weight excluding hydrogens is 727 g/mol. The molecule has 4 atom stereocenters. The van der Waals surface area contributed by atoms with Crippen molar-refractivity contribution in [2.24, 2.45) is 0 Å². The standard InChI is InChI=1S/C36H40F2N8O7S/c1-25(26(2)53-54(3,48)49)46-35(47)45(24-41-46)30-7-5-28(6-8-30)42-14-16-43(17-15-42)29-9-11-31(12-10-29)50-19-32-20-51-36(52-32,21-44-23-39-22-40-44)33-13-4-27(37)18-34(33)38/h4-13,18,22-26,32H,14-17,19-21H2,1-3H3. The maximum absolute atomic E-state index is 14.9. The second-order valence-corrected chi connectivity index (χ2v) is 14.9. The van der Waals surface area contributed by atoms with Crippen molar-refractivity contribution < 1.29 is 35.6 Å². The average molecular weight is 767 g/mol. The second-order valence-electron chi connectivity index (χ2n) is 13.3. The van der Waals surface area contributed by atoms with Gasteiger partial charge in [-0.3, -0.25) is 4.18 Å². The summed E-state index contributed by atoms with van der Waals surface area (Å²) in [4.78, 5) is 21.6. The summed E-state index contributed by atoms with van der Waals surface area (Å²) in [5.74, 6) is -2.38. The zero-order valence-corrected chi connectivity index (χ0v) is 30.7. The van der Waals surface area contributed by atoms with Gasteiger partial charge in [0, 0.05) is 49.2 Å². The largest absolute Gasteiger partial charge is 0.491 e. The molecule has 2 aliphatic rings. The molecule has 0 amide bonds. The Morgan fingerprint density at radius 1 is 0.907 bits per heavy atom. The van der Waals surface area contributed by atoms with E-state index in [-0.39, 0.29) is 25.3 Å². The lowest BCUT2D eigenvalue weighted by molar-refractivity contribution is -0.192. The van der Waals surface area contributed by atoms with Crippen molar-refractivity contribution in [1.82, 2.24) is 29.1 Å². The predicted molar refractivity (Wildman–Crippen MR) is 193 cm³/mol. The molecule has 2 aromatic heterocycles. The Morgan fingerprint density at radius 3 is 2.17 bits per heavy atom. The Hall–Kier alpha value is -5.17. The topological polar surface area (TPSA) is 148 Å². The molecule has 54 heavy (non-hydrogen) atoms. The van der Waals surface area contributed by atoms with E-state index in [1.165, 1.54) is 39.0 Å². The molecule has 15 nitrogen and oxygen atoms in total. The summed E-state index contributed by atoms with van der Waals surface area (Å²) in [6.45, 7) is 6.71. The molecule has 2 fully saturated rings. The predicted octanol–water partition coefficient (Wildman–Crippen LogP) is 3.50. The molecule has 2 saturated heterocycles. The third-order valence-electron chi connectivity index (χ3n) is 9.53. The highest BCUT2D eigenvalue weighted by atomic mass is 32.2. The van der Waals surface area contributed by atoms with E-state index in [1.54, 1.807) is 13.8 Å². The van der Waals surface area contributed by atoms with Crippen LogP contribution in [0.4, 0.5) is 20.2 Å². The second kappa shape index (κ2) is 15.3. The van der Waals surface area contributed by atoms with Gasteiger partial charge in [0.2, 0.25) is 5.79 Å². The smallest absolute Gasteiger partial charge is 0.350 e. The quantitative estimate of drug-likeness (QED) is 0.162. The van der Waals surface area contributed by atoms with Crippen LogP contribution >= 0.6 is 0 Å². The number of rotatable bonds is 13. The Balaban J connectivity index is 0.914.